The molecule has 0 aliphatic heterocycles. The number of hydrogen-bond acceptors (Lipinski definition) is 6. The van der Waals surface area contributed by atoms with Crippen LogP contribution < -0.4 is 0 Å². The molecule has 0 spiro atoms. The van der Waals surface area contributed by atoms with E-state index in [0.717, 1.165) is 116 Å². The lowest BCUT2D eigenvalue weighted by Crippen LogP contribution is -2.30. The van der Waals surface area contributed by atoms with Crippen LogP contribution in [0, 0.1) is 0 Å². The second-order valence-electron chi connectivity index (χ2n) is 17.0. The van der Waals surface area contributed by atoms with Crippen LogP contribution in [-0.2, 0) is 28.6 Å². The van der Waals surface area contributed by atoms with Crippen molar-refractivity contribution in [1.82, 2.24) is 0 Å². The lowest BCUT2D eigenvalue weighted by atomic mass is 10.1. The molecule has 1 atom stereocenters. The molecule has 0 aromatic rings. The Morgan fingerprint density at radius 2 is 0.615 bits per heavy atom. The quantitative estimate of drug-likeness (QED) is 0.0262. The zero-order valence-corrected chi connectivity index (χ0v) is 42.0. The normalized spacial score (nSPS) is 13.0. The highest BCUT2D eigenvalue weighted by Crippen LogP contribution is 2.14. The SMILES string of the molecule is CC/C=C\C/C=C\C/C=C\C/C=C\C/C=C\CCCC(=O)OC(COC(=O)CCCCCCCC/C=C\C/C=C\C/C=C\C/C=C\CC)COC(=O)CCCCCCCCCCCCC. The number of carbonyl (C=O) groups excluding carboxylic acids is 3. The average molecular weight is 901 g/mol. The summed E-state index contributed by atoms with van der Waals surface area (Å²) < 4.78 is 16.7. The zero-order valence-electron chi connectivity index (χ0n) is 42.0. The molecule has 65 heavy (non-hydrogen) atoms. The summed E-state index contributed by atoms with van der Waals surface area (Å²) in [5.41, 5.74) is 0. The summed E-state index contributed by atoms with van der Waals surface area (Å²) in [6.45, 7) is 6.34. The Bertz CT molecular complexity index is 1360. The average Bonchev–Trinajstić information content (AvgIpc) is 3.30. The first-order chi connectivity index (χ1) is 32.0. The van der Waals surface area contributed by atoms with Crippen molar-refractivity contribution in [2.75, 3.05) is 13.2 Å². The maximum Gasteiger partial charge on any atom is 0.306 e. The summed E-state index contributed by atoms with van der Waals surface area (Å²) in [6.07, 6.45) is 70.8. The molecule has 0 aliphatic rings. The predicted octanol–water partition coefficient (Wildman–Crippen LogP) is 17.5. The van der Waals surface area contributed by atoms with Gasteiger partial charge >= 0.3 is 17.9 Å². The van der Waals surface area contributed by atoms with E-state index in [1.54, 1.807) is 0 Å². The third-order valence-corrected chi connectivity index (χ3v) is 10.8. The molecule has 0 aromatic carbocycles. The van der Waals surface area contributed by atoms with Gasteiger partial charge in [0.05, 0.1) is 0 Å². The molecule has 0 N–H and O–H groups in total. The topological polar surface area (TPSA) is 78.9 Å². The minimum Gasteiger partial charge on any atom is -0.462 e. The molecular formula is C59H96O6. The van der Waals surface area contributed by atoms with E-state index in [-0.39, 0.29) is 37.5 Å². The van der Waals surface area contributed by atoms with Gasteiger partial charge in [-0.25, -0.2) is 0 Å². The molecule has 0 bridgehead atoms. The first-order valence-electron chi connectivity index (χ1n) is 26.4. The summed E-state index contributed by atoms with van der Waals surface area (Å²) in [5.74, 6) is -0.983. The van der Waals surface area contributed by atoms with Gasteiger partial charge in [0.25, 0.3) is 0 Å². The van der Waals surface area contributed by atoms with Crippen molar-refractivity contribution in [1.29, 1.82) is 0 Å². The maximum atomic E-state index is 12.8. The molecule has 0 aromatic heterocycles. The molecule has 0 saturated carbocycles. The van der Waals surface area contributed by atoms with E-state index in [1.807, 2.05) is 0 Å². The van der Waals surface area contributed by atoms with E-state index >= 15 is 0 Å². The summed E-state index contributed by atoms with van der Waals surface area (Å²) in [7, 11) is 0. The van der Waals surface area contributed by atoms with Crippen molar-refractivity contribution in [2.24, 2.45) is 0 Å². The van der Waals surface area contributed by atoms with Gasteiger partial charge in [0.1, 0.15) is 13.2 Å². The van der Waals surface area contributed by atoms with Gasteiger partial charge < -0.3 is 14.2 Å². The monoisotopic (exact) mass is 901 g/mol. The van der Waals surface area contributed by atoms with E-state index in [4.69, 9.17) is 14.2 Å². The van der Waals surface area contributed by atoms with E-state index < -0.39 is 6.10 Å². The molecule has 0 heterocycles. The van der Waals surface area contributed by atoms with Crippen molar-refractivity contribution in [3.05, 3.63) is 109 Å². The van der Waals surface area contributed by atoms with Gasteiger partial charge in [-0.15, -0.1) is 0 Å². The Kier molecular flexibility index (Phi) is 49.5. The number of hydrogen-bond donors (Lipinski definition) is 0. The van der Waals surface area contributed by atoms with Gasteiger partial charge in [-0.1, -0.05) is 220 Å². The number of rotatable bonds is 46. The Balaban J connectivity index is 4.49. The number of allylic oxidation sites excluding steroid dienone is 18. The third kappa shape index (κ3) is 50.9. The van der Waals surface area contributed by atoms with Crippen LogP contribution in [0.5, 0.6) is 0 Å². The predicted molar refractivity (Wildman–Crippen MR) is 279 cm³/mol. The largest absolute Gasteiger partial charge is 0.462 e. The molecule has 0 saturated heterocycles. The highest BCUT2D eigenvalue weighted by molar-refractivity contribution is 5.71. The van der Waals surface area contributed by atoms with Crippen LogP contribution in [0.2, 0.25) is 0 Å². The second kappa shape index (κ2) is 52.7. The standard InChI is InChI=1S/C59H96O6/c1-4-7-10-13-16-19-22-24-26-28-29-31-32-34-37-40-43-46-49-52-58(61)64-55-56(54-63-57(60)51-48-45-42-39-36-21-18-15-12-9-6-3)65-59(62)53-50-47-44-41-38-35-33-30-27-25-23-20-17-14-11-8-5-2/h7-8,10-11,16-17,19-20,24-27,29,31,33,35,41,44,56H,4-6,9,12-15,18,21-23,28,30,32,34,36-40,42-43,45-55H2,1-3H3/b10-7-,11-8-,19-16-,20-17-,26-24-,27-25-,31-29-,35-33-,44-41-. The van der Waals surface area contributed by atoms with Gasteiger partial charge in [0, 0.05) is 19.3 Å². The summed E-state index contributed by atoms with van der Waals surface area (Å²) in [6, 6.07) is 0. The Morgan fingerprint density at radius 3 is 0.985 bits per heavy atom. The van der Waals surface area contributed by atoms with E-state index in [0.29, 0.717) is 19.3 Å². The van der Waals surface area contributed by atoms with E-state index in [1.165, 1.54) is 64.2 Å². The van der Waals surface area contributed by atoms with E-state index in [9.17, 15) is 14.4 Å². The molecule has 0 rings (SSSR count). The van der Waals surface area contributed by atoms with Gasteiger partial charge in [0.2, 0.25) is 0 Å². The summed E-state index contributed by atoms with van der Waals surface area (Å²) in [4.78, 5) is 38.0. The van der Waals surface area contributed by atoms with Crippen LogP contribution in [0.4, 0.5) is 0 Å². The van der Waals surface area contributed by atoms with Crippen LogP contribution in [0.1, 0.15) is 226 Å². The molecular weight excluding hydrogens is 805 g/mol. The van der Waals surface area contributed by atoms with Crippen LogP contribution >= 0.6 is 0 Å². The molecule has 0 amide bonds. The van der Waals surface area contributed by atoms with Crippen molar-refractivity contribution in [3.8, 4) is 0 Å². The summed E-state index contributed by atoms with van der Waals surface area (Å²) >= 11 is 0. The van der Waals surface area contributed by atoms with Crippen molar-refractivity contribution in [3.63, 3.8) is 0 Å². The minimum atomic E-state index is -0.813. The van der Waals surface area contributed by atoms with E-state index in [2.05, 4.69) is 130 Å². The minimum absolute atomic E-state index is 0.106. The molecule has 0 aliphatic carbocycles. The lowest BCUT2D eigenvalue weighted by molar-refractivity contribution is -0.167. The molecule has 0 fully saturated rings. The summed E-state index contributed by atoms with van der Waals surface area (Å²) in [5, 5.41) is 0. The van der Waals surface area contributed by atoms with Gasteiger partial charge in [0.15, 0.2) is 6.10 Å². The molecule has 0 radical (unpaired) electrons. The lowest BCUT2D eigenvalue weighted by Gasteiger charge is -2.18. The Hall–Kier alpha value is -3.93. The number of ether oxygens (including phenoxy) is 3. The molecule has 6 nitrogen and oxygen atoms in total. The van der Waals surface area contributed by atoms with Gasteiger partial charge in [-0.3, -0.25) is 14.4 Å². The number of esters is 3. The van der Waals surface area contributed by atoms with Crippen molar-refractivity contribution in [2.45, 2.75) is 232 Å². The van der Waals surface area contributed by atoms with Crippen LogP contribution in [0.25, 0.3) is 0 Å². The molecule has 368 valence electrons. The molecule has 1 unspecified atom stereocenters. The highest BCUT2D eigenvalue weighted by Gasteiger charge is 2.19. The second-order valence-corrected chi connectivity index (χ2v) is 17.0. The van der Waals surface area contributed by atoms with Crippen molar-refractivity contribution >= 4 is 17.9 Å². The third-order valence-electron chi connectivity index (χ3n) is 10.8. The smallest absolute Gasteiger partial charge is 0.306 e. The van der Waals surface area contributed by atoms with Crippen LogP contribution in [0.3, 0.4) is 0 Å². The first kappa shape index (κ1) is 61.1. The number of carbonyl (C=O) groups is 3. The fraction of sp³-hybridized carbons (Fsp3) is 0.644. The zero-order chi connectivity index (χ0) is 47.2. The van der Waals surface area contributed by atoms with Gasteiger partial charge in [-0.05, 0) is 96.3 Å². The maximum absolute atomic E-state index is 12.8. The molecule has 6 heteroatoms. The fourth-order valence-corrected chi connectivity index (χ4v) is 6.88. The Labute approximate surface area is 400 Å². The highest BCUT2D eigenvalue weighted by atomic mass is 16.6. The first-order valence-corrected chi connectivity index (χ1v) is 26.4. The van der Waals surface area contributed by atoms with Crippen LogP contribution in [0.15, 0.2) is 109 Å². The van der Waals surface area contributed by atoms with Gasteiger partial charge in [-0.2, -0.15) is 0 Å². The van der Waals surface area contributed by atoms with Crippen molar-refractivity contribution < 1.29 is 28.6 Å². The fourth-order valence-electron chi connectivity index (χ4n) is 6.88. The Morgan fingerprint density at radius 1 is 0.323 bits per heavy atom. The van der Waals surface area contributed by atoms with Crippen LogP contribution in [-0.4, -0.2) is 37.2 Å². The number of unbranched alkanes of at least 4 members (excludes halogenated alkanes) is 17.